The van der Waals surface area contributed by atoms with Gasteiger partial charge in [-0.2, -0.15) is 0 Å². The van der Waals surface area contributed by atoms with E-state index in [1.807, 2.05) is 0 Å². The van der Waals surface area contributed by atoms with Crippen LogP contribution in [0.3, 0.4) is 0 Å². The zero-order valence-electron chi connectivity index (χ0n) is 13.9. The summed E-state index contributed by atoms with van der Waals surface area (Å²) in [7, 11) is 0. The lowest BCUT2D eigenvalue weighted by Crippen LogP contribution is -2.30. The van der Waals surface area contributed by atoms with E-state index >= 15 is 0 Å². The Balaban J connectivity index is 2.01. The van der Waals surface area contributed by atoms with Gasteiger partial charge in [0.15, 0.2) is 0 Å². The number of aryl methyl sites for hydroxylation is 1. The van der Waals surface area contributed by atoms with Crippen LogP contribution in [-0.2, 0) is 4.74 Å². The van der Waals surface area contributed by atoms with E-state index in [9.17, 15) is 4.79 Å². The summed E-state index contributed by atoms with van der Waals surface area (Å²) < 4.78 is 10.8. The van der Waals surface area contributed by atoms with Crippen molar-refractivity contribution >= 4 is 22.9 Å². The van der Waals surface area contributed by atoms with Crippen LogP contribution in [0.15, 0.2) is 10.7 Å². The van der Waals surface area contributed by atoms with Crippen molar-refractivity contribution in [2.45, 2.75) is 52.5 Å². The summed E-state index contributed by atoms with van der Waals surface area (Å²) in [6.07, 6.45) is 6.28. The molecule has 1 aliphatic rings. The van der Waals surface area contributed by atoms with Gasteiger partial charge in [-0.1, -0.05) is 19.8 Å². The quantitative estimate of drug-likeness (QED) is 0.866. The molecule has 0 radical (unpaired) electrons. The molecule has 3 rings (SSSR count). The zero-order valence-corrected chi connectivity index (χ0v) is 13.9. The summed E-state index contributed by atoms with van der Waals surface area (Å²) in [5.41, 5.74) is 0.847. The molecule has 2 aromatic rings. The van der Waals surface area contributed by atoms with Gasteiger partial charge in [-0.15, -0.1) is 0 Å². The van der Waals surface area contributed by atoms with Crippen molar-refractivity contribution in [1.29, 1.82) is 0 Å². The fourth-order valence-corrected chi connectivity index (χ4v) is 3.31. The van der Waals surface area contributed by atoms with Gasteiger partial charge in [-0.05, 0) is 32.6 Å². The van der Waals surface area contributed by atoms with Crippen molar-refractivity contribution in [3.8, 4) is 0 Å². The molecule has 0 saturated heterocycles. The molecule has 6 nitrogen and oxygen atoms in total. The fourth-order valence-electron chi connectivity index (χ4n) is 3.31. The number of nitrogens with zero attached hydrogens (tertiary/aromatic N) is 2. The molecule has 6 heteroatoms. The first-order valence-corrected chi connectivity index (χ1v) is 8.29. The Morgan fingerprint density at radius 3 is 2.91 bits per heavy atom. The van der Waals surface area contributed by atoms with Gasteiger partial charge < -0.3 is 14.5 Å². The number of carbonyl (C=O) groups excluding carboxylic acids is 1. The first kappa shape index (κ1) is 15.8. The number of esters is 1. The highest BCUT2D eigenvalue weighted by atomic mass is 16.5. The summed E-state index contributed by atoms with van der Waals surface area (Å²) in [5.74, 6) is 1.36. The zero-order chi connectivity index (χ0) is 16.4. The standard InChI is InChI=1S/C17H23N3O3/c1-4-22-17(21)13-11(3)23-16-14(13)15(18-9-19-16)20-12-8-6-5-7-10(12)2/h9-10,12H,4-8H2,1-3H3,(H,18,19,20)/t10-,12-/m0/s1. The lowest BCUT2D eigenvalue weighted by atomic mass is 9.86. The Hall–Kier alpha value is -2.11. The van der Waals surface area contributed by atoms with Gasteiger partial charge in [0.1, 0.15) is 23.5 Å². The van der Waals surface area contributed by atoms with Gasteiger partial charge >= 0.3 is 5.97 Å². The van der Waals surface area contributed by atoms with Crippen LogP contribution in [0.4, 0.5) is 5.82 Å². The minimum atomic E-state index is -0.390. The molecule has 0 aromatic carbocycles. The van der Waals surface area contributed by atoms with Gasteiger partial charge in [-0.3, -0.25) is 0 Å². The highest BCUT2D eigenvalue weighted by Gasteiger charge is 2.27. The van der Waals surface area contributed by atoms with Crippen molar-refractivity contribution in [1.82, 2.24) is 9.97 Å². The first-order valence-electron chi connectivity index (χ1n) is 8.29. The van der Waals surface area contributed by atoms with E-state index < -0.39 is 5.97 Å². The highest BCUT2D eigenvalue weighted by Crippen LogP contribution is 2.32. The van der Waals surface area contributed by atoms with E-state index in [2.05, 4.69) is 22.2 Å². The van der Waals surface area contributed by atoms with E-state index in [0.717, 1.165) is 6.42 Å². The maximum atomic E-state index is 12.3. The maximum Gasteiger partial charge on any atom is 0.342 e. The number of ether oxygens (including phenoxy) is 1. The molecule has 0 spiro atoms. The SMILES string of the molecule is CCOC(=O)c1c(C)oc2ncnc(N[C@H]3CCCC[C@@H]3C)c12. The number of nitrogens with one attached hydrogen (secondary N) is 1. The molecular weight excluding hydrogens is 294 g/mol. The molecule has 0 unspecified atom stereocenters. The lowest BCUT2D eigenvalue weighted by molar-refractivity contribution is 0.0526. The largest absolute Gasteiger partial charge is 0.462 e. The number of aromatic nitrogens is 2. The fraction of sp³-hybridized carbons (Fsp3) is 0.588. The molecule has 1 N–H and O–H groups in total. The van der Waals surface area contributed by atoms with E-state index in [4.69, 9.17) is 9.15 Å². The van der Waals surface area contributed by atoms with Crippen LogP contribution in [0.25, 0.3) is 11.1 Å². The molecule has 0 amide bonds. The summed E-state index contributed by atoms with van der Waals surface area (Å²) >= 11 is 0. The molecular formula is C17H23N3O3. The van der Waals surface area contributed by atoms with Gasteiger partial charge in [0.25, 0.3) is 0 Å². The molecule has 0 bridgehead atoms. The van der Waals surface area contributed by atoms with Crippen LogP contribution in [0, 0.1) is 12.8 Å². The average Bonchev–Trinajstić information content (AvgIpc) is 2.87. The Morgan fingerprint density at radius 2 is 2.17 bits per heavy atom. The van der Waals surface area contributed by atoms with Gasteiger partial charge in [0, 0.05) is 6.04 Å². The predicted molar refractivity (Wildman–Crippen MR) is 87.5 cm³/mol. The number of hydrogen-bond donors (Lipinski definition) is 1. The second kappa shape index (κ2) is 6.56. The van der Waals surface area contributed by atoms with Gasteiger partial charge in [-0.25, -0.2) is 14.8 Å². The minimum Gasteiger partial charge on any atom is -0.462 e. The molecule has 1 saturated carbocycles. The molecule has 1 aliphatic carbocycles. The molecule has 2 aromatic heterocycles. The average molecular weight is 317 g/mol. The number of hydrogen-bond acceptors (Lipinski definition) is 6. The minimum absolute atomic E-state index is 0.320. The van der Waals surface area contributed by atoms with Crippen molar-refractivity contribution < 1.29 is 13.9 Å². The second-order valence-electron chi connectivity index (χ2n) is 6.17. The summed E-state index contributed by atoms with van der Waals surface area (Å²) in [5, 5.41) is 4.13. The first-order chi connectivity index (χ1) is 11.1. The highest BCUT2D eigenvalue weighted by molar-refractivity contribution is 6.07. The third-order valence-corrected chi connectivity index (χ3v) is 4.58. The summed E-state index contributed by atoms with van der Waals surface area (Å²) in [4.78, 5) is 20.8. The molecule has 23 heavy (non-hydrogen) atoms. The van der Waals surface area contributed by atoms with E-state index in [0.29, 0.717) is 46.8 Å². The van der Waals surface area contributed by atoms with E-state index in [1.165, 1.54) is 25.6 Å². The number of carbonyl (C=O) groups is 1. The van der Waals surface area contributed by atoms with Crippen LogP contribution in [0.2, 0.25) is 0 Å². The van der Waals surface area contributed by atoms with Crippen LogP contribution in [0.1, 0.15) is 55.6 Å². The predicted octanol–water partition coefficient (Wildman–Crippen LogP) is 3.70. The Kier molecular flexibility index (Phi) is 4.50. The van der Waals surface area contributed by atoms with Crippen molar-refractivity contribution in [2.24, 2.45) is 5.92 Å². The molecule has 0 aliphatic heterocycles. The molecule has 2 atom stereocenters. The van der Waals surface area contributed by atoms with Crippen LogP contribution < -0.4 is 5.32 Å². The third-order valence-electron chi connectivity index (χ3n) is 4.58. The van der Waals surface area contributed by atoms with Gasteiger partial charge in [0.2, 0.25) is 5.71 Å². The van der Waals surface area contributed by atoms with E-state index in [1.54, 1.807) is 13.8 Å². The van der Waals surface area contributed by atoms with Gasteiger partial charge in [0.05, 0.1) is 12.0 Å². The van der Waals surface area contributed by atoms with Crippen molar-refractivity contribution in [3.63, 3.8) is 0 Å². The molecule has 2 heterocycles. The Labute approximate surface area is 135 Å². The third kappa shape index (κ3) is 3.02. The number of anilines is 1. The topological polar surface area (TPSA) is 77.2 Å². The number of rotatable bonds is 4. The van der Waals surface area contributed by atoms with Crippen LogP contribution in [-0.4, -0.2) is 28.6 Å². The van der Waals surface area contributed by atoms with Crippen LogP contribution >= 0.6 is 0 Å². The monoisotopic (exact) mass is 317 g/mol. The van der Waals surface area contributed by atoms with Crippen LogP contribution in [0.5, 0.6) is 0 Å². The second-order valence-corrected chi connectivity index (χ2v) is 6.17. The Bertz CT molecular complexity index is 710. The van der Waals surface area contributed by atoms with E-state index in [-0.39, 0.29) is 0 Å². The van der Waals surface area contributed by atoms with Crippen molar-refractivity contribution in [2.75, 3.05) is 11.9 Å². The van der Waals surface area contributed by atoms with Crippen molar-refractivity contribution in [3.05, 3.63) is 17.7 Å². The Morgan fingerprint density at radius 1 is 1.39 bits per heavy atom. The smallest absolute Gasteiger partial charge is 0.342 e. The summed E-state index contributed by atoms with van der Waals surface area (Å²) in [6.45, 7) is 6.11. The molecule has 1 fully saturated rings. The lowest BCUT2D eigenvalue weighted by Gasteiger charge is -2.30. The molecule has 124 valence electrons. The summed E-state index contributed by atoms with van der Waals surface area (Å²) in [6, 6.07) is 0.354. The number of furan rings is 1. The number of fused-ring (bicyclic) bond motifs is 1. The maximum absolute atomic E-state index is 12.3. The normalized spacial score (nSPS) is 21.3.